The lowest BCUT2D eigenvalue weighted by molar-refractivity contribution is -0.118. The summed E-state index contributed by atoms with van der Waals surface area (Å²) in [5, 5.41) is 0. The molecule has 2 aromatic carbocycles. The van der Waals surface area contributed by atoms with Crippen LogP contribution >= 0.6 is 12.4 Å². The van der Waals surface area contributed by atoms with Gasteiger partial charge in [-0.1, -0.05) is 60.7 Å². The van der Waals surface area contributed by atoms with E-state index in [0.717, 1.165) is 11.1 Å². The van der Waals surface area contributed by atoms with Crippen LogP contribution in [0.4, 0.5) is 0 Å². The Balaban J connectivity index is 0.00000144. The molecule has 0 radical (unpaired) electrons. The van der Waals surface area contributed by atoms with Gasteiger partial charge >= 0.3 is 0 Å². The van der Waals surface area contributed by atoms with E-state index in [1.165, 1.54) is 0 Å². The van der Waals surface area contributed by atoms with Crippen LogP contribution in [0.2, 0.25) is 0 Å². The van der Waals surface area contributed by atoms with Gasteiger partial charge in [-0.2, -0.15) is 0 Å². The molecule has 0 spiro atoms. The third-order valence-corrected chi connectivity index (χ3v) is 2.55. The molecule has 0 unspecified atom stereocenters. The van der Waals surface area contributed by atoms with Gasteiger partial charge in [0, 0.05) is 0 Å². The molecule has 2 aromatic rings. The van der Waals surface area contributed by atoms with Gasteiger partial charge in [-0.25, -0.2) is 0 Å². The number of rotatable bonds is 3. The van der Waals surface area contributed by atoms with Crippen molar-refractivity contribution < 1.29 is 4.79 Å². The van der Waals surface area contributed by atoms with E-state index in [9.17, 15) is 4.79 Å². The van der Waals surface area contributed by atoms with Crippen LogP contribution in [0.5, 0.6) is 0 Å². The zero-order valence-corrected chi connectivity index (χ0v) is 10.1. The highest BCUT2D eigenvalue weighted by atomic mass is 35.5. The van der Waals surface area contributed by atoms with E-state index < -0.39 is 0 Å². The molecule has 0 aromatic heterocycles. The van der Waals surface area contributed by atoms with Crippen LogP contribution in [0.15, 0.2) is 60.7 Å². The molecule has 0 fully saturated rings. The van der Waals surface area contributed by atoms with Gasteiger partial charge in [0.1, 0.15) is 0 Å². The van der Waals surface area contributed by atoms with Crippen LogP contribution < -0.4 is 5.73 Å². The number of amides is 1. The standard InChI is InChI=1S/C14H13NO.ClH/c15-14(16)13(11-7-3-1-4-8-11)12-9-5-2-6-10-12;/h1-10,13H,(H2,15,16);1H. The third-order valence-electron chi connectivity index (χ3n) is 2.55. The van der Waals surface area contributed by atoms with Crippen molar-refractivity contribution in [1.29, 1.82) is 0 Å². The van der Waals surface area contributed by atoms with E-state index in [1.54, 1.807) is 0 Å². The molecular weight excluding hydrogens is 234 g/mol. The maximum Gasteiger partial charge on any atom is 0.229 e. The summed E-state index contributed by atoms with van der Waals surface area (Å²) < 4.78 is 0. The largest absolute Gasteiger partial charge is 0.369 e. The Kier molecular flexibility index (Phi) is 4.73. The lowest BCUT2D eigenvalue weighted by Crippen LogP contribution is -2.22. The Morgan fingerprint density at radius 2 is 1.18 bits per heavy atom. The molecule has 0 aliphatic carbocycles. The molecule has 17 heavy (non-hydrogen) atoms. The normalized spacial score (nSPS) is 9.71. The van der Waals surface area contributed by atoms with E-state index in [-0.39, 0.29) is 24.2 Å². The van der Waals surface area contributed by atoms with Gasteiger partial charge in [-0.15, -0.1) is 12.4 Å². The predicted octanol–water partition coefficient (Wildman–Crippen LogP) is 2.73. The van der Waals surface area contributed by atoms with E-state index >= 15 is 0 Å². The van der Waals surface area contributed by atoms with Crippen molar-refractivity contribution in [2.24, 2.45) is 5.73 Å². The predicted molar refractivity (Wildman–Crippen MR) is 71.2 cm³/mol. The molecule has 0 saturated carbocycles. The molecule has 0 saturated heterocycles. The second-order valence-electron chi connectivity index (χ2n) is 3.66. The minimum Gasteiger partial charge on any atom is -0.369 e. The molecule has 88 valence electrons. The summed E-state index contributed by atoms with van der Waals surface area (Å²) in [6, 6.07) is 19.2. The van der Waals surface area contributed by atoms with E-state index in [4.69, 9.17) is 5.73 Å². The second kappa shape index (κ2) is 6.06. The smallest absolute Gasteiger partial charge is 0.229 e. The highest BCUT2D eigenvalue weighted by Gasteiger charge is 2.18. The van der Waals surface area contributed by atoms with Gasteiger partial charge in [-0.3, -0.25) is 4.79 Å². The number of carbonyl (C=O) groups excluding carboxylic acids is 1. The Morgan fingerprint density at radius 1 is 0.824 bits per heavy atom. The monoisotopic (exact) mass is 247 g/mol. The van der Waals surface area contributed by atoms with Gasteiger partial charge in [0.15, 0.2) is 0 Å². The minimum absolute atomic E-state index is 0. The summed E-state index contributed by atoms with van der Waals surface area (Å²) >= 11 is 0. The number of benzene rings is 2. The highest BCUT2D eigenvalue weighted by molar-refractivity contribution is 5.85. The topological polar surface area (TPSA) is 43.1 Å². The average molecular weight is 248 g/mol. The summed E-state index contributed by atoms with van der Waals surface area (Å²) in [5.74, 6) is -0.681. The molecule has 2 nitrogen and oxygen atoms in total. The van der Waals surface area contributed by atoms with Gasteiger partial charge < -0.3 is 5.73 Å². The van der Waals surface area contributed by atoms with Crippen LogP contribution in [0.1, 0.15) is 17.0 Å². The third kappa shape index (κ3) is 3.08. The van der Waals surface area contributed by atoms with Crippen LogP contribution in [-0.4, -0.2) is 5.91 Å². The summed E-state index contributed by atoms with van der Waals surface area (Å²) in [5.41, 5.74) is 7.33. The first-order valence-corrected chi connectivity index (χ1v) is 5.18. The lowest BCUT2D eigenvalue weighted by Gasteiger charge is -2.13. The molecule has 0 atom stereocenters. The van der Waals surface area contributed by atoms with Crippen molar-refractivity contribution in [3.8, 4) is 0 Å². The Bertz CT molecular complexity index is 431. The SMILES string of the molecule is Cl.NC(=O)C(c1ccccc1)c1ccccc1. The zero-order chi connectivity index (χ0) is 11.4. The van der Waals surface area contributed by atoms with Crippen molar-refractivity contribution in [1.82, 2.24) is 0 Å². The molecule has 0 aliphatic heterocycles. The number of carbonyl (C=O) groups is 1. The van der Waals surface area contributed by atoms with Crippen LogP contribution in [0.3, 0.4) is 0 Å². The first-order chi connectivity index (χ1) is 7.79. The number of hydrogen-bond donors (Lipinski definition) is 1. The molecule has 0 bridgehead atoms. The second-order valence-corrected chi connectivity index (χ2v) is 3.66. The summed E-state index contributed by atoms with van der Waals surface area (Å²) in [6.45, 7) is 0. The lowest BCUT2D eigenvalue weighted by atomic mass is 9.91. The first-order valence-electron chi connectivity index (χ1n) is 5.18. The Hall–Kier alpha value is -1.80. The quantitative estimate of drug-likeness (QED) is 0.891. The van der Waals surface area contributed by atoms with E-state index in [1.807, 2.05) is 60.7 Å². The van der Waals surface area contributed by atoms with Gasteiger partial charge in [0.2, 0.25) is 5.91 Å². The number of halogens is 1. The van der Waals surface area contributed by atoms with Gasteiger partial charge in [-0.05, 0) is 11.1 Å². The van der Waals surface area contributed by atoms with Crippen molar-refractivity contribution in [2.45, 2.75) is 5.92 Å². The van der Waals surface area contributed by atoms with Crippen molar-refractivity contribution in [3.63, 3.8) is 0 Å². The number of primary amides is 1. The molecule has 0 aliphatic rings. The van der Waals surface area contributed by atoms with E-state index in [2.05, 4.69) is 0 Å². The van der Waals surface area contributed by atoms with E-state index in [0.29, 0.717) is 0 Å². The average Bonchev–Trinajstić information content (AvgIpc) is 2.31. The summed E-state index contributed by atoms with van der Waals surface area (Å²) in [7, 11) is 0. The molecule has 2 N–H and O–H groups in total. The molecule has 1 amide bonds. The van der Waals surface area contributed by atoms with Crippen LogP contribution in [0, 0.1) is 0 Å². The van der Waals surface area contributed by atoms with Gasteiger partial charge in [0.05, 0.1) is 5.92 Å². The van der Waals surface area contributed by atoms with Crippen molar-refractivity contribution >= 4 is 18.3 Å². The zero-order valence-electron chi connectivity index (χ0n) is 9.24. The minimum atomic E-state index is -0.359. The highest BCUT2D eigenvalue weighted by Crippen LogP contribution is 2.23. The van der Waals surface area contributed by atoms with Crippen LogP contribution in [0.25, 0.3) is 0 Å². The fourth-order valence-electron chi connectivity index (χ4n) is 1.81. The van der Waals surface area contributed by atoms with Crippen molar-refractivity contribution in [3.05, 3.63) is 71.8 Å². The Labute approximate surface area is 107 Å². The van der Waals surface area contributed by atoms with Crippen LogP contribution in [-0.2, 0) is 4.79 Å². The van der Waals surface area contributed by atoms with Crippen molar-refractivity contribution in [2.75, 3.05) is 0 Å². The number of nitrogens with two attached hydrogens (primary N) is 1. The molecule has 2 rings (SSSR count). The molecule has 0 heterocycles. The maximum atomic E-state index is 11.5. The fraction of sp³-hybridized carbons (Fsp3) is 0.0714. The molecular formula is C14H14ClNO. The first kappa shape index (κ1) is 13.3. The summed E-state index contributed by atoms with van der Waals surface area (Å²) in [6.07, 6.45) is 0. The van der Waals surface area contributed by atoms with Gasteiger partial charge in [0.25, 0.3) is 0 Å². The maximum absolute atomic E-state index is 11.5. The number of hydrogen-bond acceptors (Lipinski definition) is 1. The Morgan fingerprint density at radius 3 is 1.47 bits per heavy atom. The summed E-state index contributed by atoms with van der Waals surface area (Å²) in [4.78, 5) is 11.5. The fourth-order valence-corrected chi connectivity index (χ4v) is 1.81. The molecule has 3 heteroatoms.